The van der Waals surface area contributed by atoms with Crippen molar-refractivity contribution in [2.45, 2.75) is 0 Å². The number of aliphatic hydroxyl groups excluding tert-OH is 1. The molecule has 1 aliphatic heterocycles. The summed E-state index contributed by atoms with van der Waals surface area (Å²) in [7, 11) is 1.26. The summed E-state index contributed by atoms with van der Waals surface area (Å²) in [6.45, 7) is 0. The largest absolute Gasteiger partial charge is 0.506 e. The van der Waals surface area contributed by atoms with Gasteiger partial charge in [0.25, 0.3) is 0 Å². The van der Waals surface area contributed by atoms with Gasteiger partial charge in [0, 0.05) is 10.0 Å². The van der Waals surface area contributed by atoms with Crippen molar-refractivity contribution in [3.8, 4) is 0 Å². The molecule has 0 radical (unpaired) electrons. The zero-order valence-electron chi connectivity index (χ0n) is 13.6. The average molecular weight is 406 g/mol. The Hall–Kier alpha value is -2.21. The highest BCUT2D eigenvalue weighted by Gasteiger charge is 2.32. The van der Waals surface area contributed by atoms with Crippen molar-refractivity contribution in [3.05, 3.63) is 80.4 Å². The zero-order chi connectivity index (χ0) is 18.7. The van der Waals surface area contributed by atoms with Crippen molar-refractivity contribution in [3.63, 3.8) is 0 Å². The van der Waals surface area contributed by atoms with Crippen LogP contribution in [0.3, 0.4) is 0 Å². The van der Waals surface area contributed by atoms with E-state index in [4.69, 9.17) is 27.9 Å². The zero-order valence-corrected chi connectivity index (χ0v) is 15.9. The molecule has 0 fully saturated rings. The highest BCUT2D eigenvalue weighted by molar-refractivity contribution is 8.18. The highest BCUT2D eigenvalue weighted by Crippen LogP contribution is 2.40. The number of carbonyl (C=O) groups excluding carboxylic acids is 1. The van der Waals surface area contributed by atoms with Gasteiger partial charge in [0.15, 0.2) is 0 Å². The fourth-order valence-electron chi connectivity index (χ4n) is 2.27. The van der Waals surface area contributed by atoms with Crippen LogP contribution in [0.25, 0.3) is 6.08 Å². The van der Waals surface area contributed by atoms with Gasteiger partial charge >= 0.3 is 5.97 Å². The summed E-state index contributed by atoms with van der Waals surface area (Å²) in [5, 5.41) is 12.0. The number of nitrogens with zero attached hydrogens (tertiary/aromatic N) is 1. The van der Waals surface area contributed by atoms with E-state index in [1.165, 1.54) is 18.9 Å². The lowest BCUT2D eigenvalue weighted by molar-refractivity contribution is -0.135. The number of thioether (sulfide) groups is 1. The summed E-state index contributed by atoms with van der Waals surface area (Å²) < 4.78 is 4.79. The van der Waals surface area contributed by atoms with Gasteiger partial charge in [-0.15, -0.1) is 0 Å². The van der Waals surface area contributed by atoms with Crippen LogP contribution < -0.4 is 0 Å². The van der Waals surface area contributed by atoms with E-state index in [0.717, 1.165) is 5.56 Å². The SMILES string of the molecule is COC(=O)C1=C(O)C(=Cc2cccc(Cl)c2)SC1=Nc1ccc(Cl)cc1. The first kappa shape index (κ1) is 18.6. The standard InChI is InChI=1S/C19H13Cl2NO3S/c1-25-19(24)16-17(23)15(10-11-3-2-4-13(21)9-11)26-18(16)22-14-7-5-12(20)6-8-14/h2-10,23H,1H3. The lowest BCUT2D eigenvalue weighted by Crippen LogP contribution is -2.10. The van der Waals surface area contributed by atoms with Crippen LogP contribution in [0.1, 0.15) is 5.56 Å². The molecule has 0 spiro atoms. The van der Waals surface area contributed by atoms with E-state index in [1.807, 2.05) is 6.07 Å². The molecule has 7 heteroatoms. The Labute approximate surface area is 164 Å². The summed E-state index contributed by atoms with van der Waals surface area (Å²) in [6.07, 6.45) is 1.74. The topological polar surface area (TPSA) is 58.9 Å². The average Bonchev–Trinajstić information content (AvgIpc) is 2.91. The molecule has 2 aromatic rings. The lowest BCUT2D eigenvalue weighted by Gasteiger charge is -2.02. The fourth-order valence-corrected chi connectivity index (χ4v) is 3.63. The second kappa shape index (κ2) is 7.99. The van der Waals surface area contributed by atoms with Crippen LogP contribution in [0.4, 0.5) is 5.69 Å². The van der Waals surface area contributed by atoms with Gasteiger partial charge in [-0.3, -0.25) is 0 Å². The van der Waals surface area contributed by atoms with Crippen molar-refractivity contribution in [1.29, 1.82) is 0 Å². The summed E-state index contributed by atoms with van der Waals surface area (Å²) >= 11 is 13.1. The van der Waals surface area contributed by atoms with Gasteiger partial charge in [-0.05, 0) is 48.0 Å². The molecule has 1 aliphatic rings. The smallest absolute Gasteiger partial charge is 0.344 e. The number of rotatable bonds is 3. The Morgan fingerprint density at radius 3 is 2.54 bits per heavy atom. The molecular formula is C19H13Cl2NO3S. The maximum absolute atomic E-state index is 12.1. The molecule has 0 saturated heterocycles. The van der Waals surface area contributed by atoms with Crippen LogP contribution in [0.15, 0.2) is 69.8 Å². The number of carbonyl (C=O) groups is 1. The second-order valence-electron chi connectivity index (χ2n) is 5.27. The summed E-state index contributed by atoms with van der Waals surface area (Å²) in [4.78, 5) is 17.1. The van der Waals surface area contributed by atoms with Crippen LogP contribution in [0.2, 0.25) is 10.0 Å². The van der Waals surface area contributed by atoms with Crippen LogP contribution in [0.5, 0.6) is 0 Å². The van der Waals surface area contributed by atoms with Crippen molar-refractivity contribution in [2.24, 2.45) is 4.99 Å². The molecule has 0 amide bonds. The minimum Gasteiger partial charge on any atom is -0.506 e. The molecule has 1 heterocycles. The summed E-state index contributed by atoms with van der Waals surface area (Å²) in [6, 6.07) is 14.0. The minimum atomic E-state index is -0.655. The first-order chi connectivity index (χ1) is 12.5. The molecule has 4 nitrogen and oxygen atoms in total. The number of aliphatic imine (C=N–C) groups is 1. The number of halogens is 2. The molecule has 1 N–H and O–H groups in total. The predicted molar refractivity (Wildman–Crippen MR) is 107 cm³/mol. The second-order valence-corrected chi connectivity index (χ2v) is 7.18. The maximum Gasteiger partial charge on any atom is 0.344 e. The number of hydrogen-bond acceptors (Lipinski definition) is 5. The van der Waals surface area contributed by atoms with E-state index < -0.39 is 5.97 Å². The molecule has 0 aromatic heterocycles. The van der Waals surface area contributed by atoms with Gasteiger partial charge in [0.1, 0.15) is 16.4 Å². The monoisotopic (exact) mass is 405 g/mol. The van der Waals surface area contributed by atoms with Gasteiger partial charge in [-0.1, -0.05) is 47.1 Å². The fraction of sp³-hybridized carbons (Fsp3) is 0.0526. The summed E-state index contributed by atoms with van der Waals surface area (Å²) in [5.41, 5.74) is 1.43. The molecule has 3 rings (SSSR count). The molecule has 132 valence electrons. The number of aliphatic hydroxyl groups is 1. The third kappa shape index (κ3) is 4.12. The van der Waals surface area contributed by atoms with Crippen molar-refractivity contribution in [2.75, 3.05) is 7.11 Å². The Morgan fingerprint density at radius 2 is 1.88 bits per heavy atom. The summed E-state index contributed by atoms with van der Waals surface area (Å²) in [5.74, 6) is -0.827. The van der Waals surface area contributed by atoms with Crippen molar-refractivity contribution in [1.82, 2.24) is 0 Å². The molecule has 0 atom stereocenters. The van der Waals surface area contributed by atoms with Crippen LogP contribution in [-0.4, -0.2) is 23.2 Å². The number of esters is 1. The molecule has 26 heavy (non-hydrogen) atoms. The minimum absolute atomic E-state index is 0.0285. The lowest BCUT2D eigenvalue weighted by atomic mass is 10.1. The molecule has 0 saturated carbocycles. The van der Waals surface area contributed by atoms with Gasteiger partial charge < -0.3 is 9.84 Å². The number of ether oxygens (including phenoxy) is 1. The third-order valence-electron chi connectivity index (χ3n) is 3.48. The Kier molecular flexibility index (Phi) is 5.71. The van der Waals surface area contributed by atoms with E-state index >= 15 is 0 Å². The molecule has 0 aliphatic carbocycles. The number of hydrogen-bond donors (Lipinski definition) is 1. The molecular weight excluding hydrogens is 393 g/mol. The Bertz CT molecular complexity index is 950. The Balaban J connectivity index is 2.04. The first-order valence-corrected chi connectivity index (χ1v) is 9.07. The van der Waals surface area contributed by atoms with E-state index in [2.05, 4.69) is 4.99 Å². The van der Waals surface area contributed by atoms with Crippen LogP contribution in [0, 0.1) is 0 Å². The molecule has 2 aromatic carbocycles. The van der Waals surface area contributed by atoms with E-state index in [0.29, 0.717) is 25.7 Å². The van der Waals surface area contributed by atoms with Gasteiger partial charge in [0.05, 0.1) is 17.7 Å². The first-order valence-electron chi connectivity index (χ1n) is 7.49. The van der Waals surface area contributed by atoms with Gasteiger partial charge in [-0.25, -0.2) is 9.79 Å². The van der Waals surface area contributed by atoms with E-state index in [1.54, 1.807) is 48.5 Å². The van der Waals surface area contributed by atoms with E-state index in [9.17, 15) is 9.90 Å². The molecule has 0 unspecified atom stereocenters. The Morgan fingerprint density at radius 1 is 1.15 bits per heavy atom. The number of methoxy groups -OCH3 is 1. The highest BCUT2D eigenvalue weighted by atomic mass is 35.5. The third-order valence-corrected chi connectivity index (χ3v) is 4.99. The van der Waals surface area contributed by atoms with Crippen LogP contribution in [-0.2, 0) is 9.53 Å². The van der Waals surface area contributed by atoms with Crippen LogP contribution >= 0.6 is 35.0 Å². The quantitative estimate of drug-likeness (QED) is 0.655. The van der Waals surface area contributed by atoms with E-state index in [-0.39, 0.29) is 11.3 Å². The molecule has 0 bridgehead atoms. The maximum atomic E-state index is 12.1. The van der Waals surface area contributed by atoms with Gasteiger partial charge in [-0.2, -0.15) is 0 Å². The number of benzene rings is 2. The normalized spacial score (nSPS) is 17.2. The predicted octanol–water partition coefficient (Wildman–Crippen LogP) is 5.80. The van der Waals surface area contributed by atoms with Crippen molar-refractivity contribution < 1.29 is 14.6 Å². The van der Waals surface area contributed by atoms with Crippen molar-refractivity contribution >= 4 is 57.7 Å². The van der Waals surface area contributed by atoms with Gasteiger partial charge in [0.2, 0.25) is 0 Å².